The van der Waals surface area contributed by atoms with Crippen LogP contribution in [-0.4, -0.2) is 25.7 Å². The number of benzene rings is 1. The van der Waals surface area contributed by atoms with Gasteiger partial charge in [0.2, 0.25) is 0 Å². The van der Waals surface area contributed by atoms with Crippen LogP contribution < -0.4 is 9.47 Å². The topological polar surface area (TPSA) is 54.0 Å². The maximum absolute atomic E-state index is 11.5. The summed E-state index contributed by atoms with van der Waals surface area (Å²) in [5, 5.41) is 0. The molecule has 5 nitrogen and oxygen atoms in total. The van der Waals surface area contributed by atoms with Crippen molar-refractivity contribution in [2.75, 3.05) is 13.2 Å². The molecule has 2 atom stereocenters. The van der Waals surface area contributed by atoms with Crippen molar-refractivity contribution in [1.29, 1.82) is 0 Å². The minimum Gasteiger partial charge on any atom is -0.461 e. The molecular formula is C17H26O5. The monoisotopic (exact) mass is 310 g/mol. The van der Waals surface area contributed by atoms with Gasteiger partial charge in [0.1, 0.15) is 0 Å². The fourth-order valence-corrected chi connectivity index (χ4v) is 1.93. The summed E-state index contributed by atoms with van der Waals surface area (Å²) >= 11 is 0. The molecule has 124 valence electrons. The second-order valence-electron chi connectivity index (χ2n) is 4.94. The van der Waals surface area contributed by atoms with Crippen LogP contribution in [0.5, 0.6) is 11.5 Å². The number of hydrogen-bond acceptors (Lipinski definition) is 5. The Morgan fingerprint density at radius 3 is 2.41 bits per heavy atom. The van der Waals surface area contributed by atoms with E-state index in [1.807, 2.05) is 19.1 Å². The van der Waals surface area contributed by atoms with Crippen LogP contribution >= 0.6 is 0 Å². The van der Waals surface area contributed by atoms with Gasteiger partial charge in [0, 0.05) is 6.61 Å². The van der Waals surface area contributed by atoms with Crippen molar-refractivity contribution >= 4 is 6.16 Å². The van der Waals surface area contributed by atoms with E-state index in [9.17, 15) is 4.79 Å². The van der Waals surface area contributed by atoms with Gasteiger partial charge in [-0.05, 0) is 50.8 Å². The number of carbonyl (C=O) groups is 1. The van der Waals surface area contributed by atoms with Crippen LogP contribution in [0.25, 0.3) is 0 Å². The van der Waals surface area contributed by atoms with Gasteiger partial charge < -0.3 is 18.9 Å². The average Bonchev–Trinajstić information content (AvgIpc) is 2.48. The van der Waals surface area contributed by atoms with Gasteiger partial charge in [-0.2, -0.15) is 0 Å². The molecule has 0 fully saturated rings. The van der Waals surface area contributed by atoms with Crippen LogP contribution in [0, 0.1) is 0 Å². The van der Waals surface area contributed by atoms with E-state index in [1.54, 1.807) is 19.9 Å². The van der Waals surface area contributed by atoms with E-state index < -0.39 is 12.4 Å². The van der Waals surface area contributed by atoms with E-state index in [1.165, 1.54) is 0 Å². The summed E-state index contributed by atoms with van der Waals surface area (Å²) in [6.07, 6.45) is -0.159. The summed E-state index contributed by atoms with van der Waals surface area (Å²) in [5.74, 6) is 1.20. The SMILES string of the molecule is CCOC(=O)Oc1ccc(C(C)CC)cc1OC(C)OCC. The van der Waals surface area contributed by atoms with Crippen molar-refractivity contribution in [3.8, 4) is 11.5 Å². The van der Waals surface area contributed by atoms with Gasteiger partial charge in [0.05, 0.1) is 6.61 Å². The third-order valence-corrected chi connectivity index (χ3v) is 3.30. The molecule has 0 aliphatic carbocycles. The Morgan fingerprint density at radius 2 is 1.82 bits per heavy atom. The van der Waals surface area contributed by atoms with Gasteiger partial charge in [-0.15, -0.1) is 0 Å². The van der Waals surface area contributed by atoms with E-state index in [-0.39, 0.29) is 6.61 Å². The van der Waals surface area contributed by atoms with E-state index in [0.717, 1.165) is 12.0 Å². The van der Waals surface area contributed by atoms with Crippen molar-refractivity contribution in [3.05, 3.63) is 23.8 Å². The molecule has 0 aromatic heterocycles. The molecule has 0 amide bonds. The highest BCUT2D eigenvalue weighted by Crippen LogP contribution is 2.33. The molecule has 1 aromatic carbocycles. The fraction of sp³-hybridized carbons (Fsp3) is 0.588. The molecule has 0 bridgehead atoms. The summed E-state index contributed by atoms with van der Waals surface area (Å²) in [7, 11) is 0. The third-order valence-electron chi connectivity index (χ3n) is 3.30. The predicted molar refractivity (Wildman–Crippen MR) is 84.5 cm³/mol. The van der Waals surface area contributed by atoms with Crippen LogP contribution in [0.1, 0.15) is 52.5 Å². The lowest BCUT2D eigenvalue weighted by Crippen LogP contribution is -2.18. The predicted octanol–water partition coefficient (Wildman–Crippen LogP) is 4.50. The Kier molecular flexibility index (Phi) is 7.74. The van der Waals surface area contributed by atoms with E-state index in [2.05, 4.69) is 13.8 Å². The van der Waals surface area contributed by atoms with Gasteiger partial charge >= 0.3 is 6.16 Å². The Bertz CT molecular complexity index is 472. The summed E-state index contributed by atoms with van der Waals surface area (Å²) < 4.78 is 21.1. The first-order chi connectivity index (χ1) is 10.5. The van der Waals surface area contributed by atoms with Crippen LogP contribution in [0.3, 0.4) is 0 Å². The zero-order valence-electron chi connectivity index (χ0n) is 14.0. The van der Waals surface area contributed by atoms with Crippen molar-refractivity contribution < 1.29 is 23.7 Å². The first-order valence-electron chi connectivity index (χ1n) is 7.78. The molecule has 0 saturated heterocycles. The molecule has 1 aromatic rings. The Labute approximate surface area is 132 Å². The fourth-order valence-electron chi connectivity index (χ4n) is 1.93. The summed E-state index contributed by atoms with van der Waals surface area (Å²) in [6, 6.07) is 5.55. The van der Waals surface area contributed by atoms with Gasteiger partial charge in [0.25, 0.3) is 0 Å². The second-order valence-corrected chi connectivity index (χ2v) is 4.94. The standard InChI is InChI=1S/C17H26O5/c1-6-12(4)14-9-10-15(22-17(18)20-8-3)16(11-14)21-13(5)19-7-2/h9-13H,6-8H2,1-5H3. The average molecular weight is 310 g/mol. The Balaban J connectivity index is 2.99. The van der Waals surface area contributed by atoms with Gasteiger partial charge in [0.15, 0.2) is 17.8 Å². The van der Waals surface area contributed by atoms with Gasteiger partial charge in [-0.1, -0.05) is 19.9 Å². The lowest BCUT2D eigenvalue weighted by molar-refractivity contribution is -0.0625. The van der Waals surface area contributed by atoms with Crippen LogP contribution in [0.4, 0.5) is 4.79 Å². The molecule has 0 aliphatic rings. The maximum Gasteiger partial charge on any atom is 0.513 e. The molecule has 22 heavy (non-hydrogen) atoms. The lowest BCUT2D eigenvalue weighted by atomic mass is 9.98. The third kappa shape index (κ3) is 5.56. The normalized spacial score (nSPS) is 13.3. The first kappa shape index (κ1) is 18.3. The second kappa shape index (κ2) is 9.30. The molecule has 2 unspecified atom stereocenters. The highest BCUT2D eigenvalue weighted by atomic mass is 16.7. The Hall–Kier alpha value is -1.75. The zero-order valence-corrected chi connectivity index (χ0v) is 14.0. The molecule has 0 heterocycles. The van der Waals surface area contributed by atoms with Crippen molar-refractivity contribution in [3.63, 3.8) is 0 Å². The molecule has 5 heteroatoms. The molecule has 0 spiro atoms. The number of ether oxygens (including phenoxy) is 4. The van der Waals surface area contributed by atoms with Gasteiger partial charge in [-0.3, -0.25) is 0 Å². The quantitative estimate of drug-likeness (QED) is 0.402. The first-order valence-corrected chi connectivity index (χ1v) is 7.78. The largest absolute Gasteiger partial charge is 0.513 e. The molecule has 0 N–H and O–H groups in total. The molecular weight excluding hydrogens is 284 g/mol. The van der Waals surface area contributed by atoms with Crippen molar-refractivity contribution in [2.45, 2.75) is 53.2 Å². The van der Waals surface area contributed by atoms with Crippen LogP contribution in [-0.2, 0) is 9.47 Å². The highest BCUT2D eigenvalue weighted by molar-refractivity contribution is 5.65. The molecule has 0 saturated carbocycles. The molecule has 0 radical (unpaired) electrons. The highest BCUT2D eigenvalue weighted by Gasteiger charge is 2.16. The minimum atomic E-state index is -0.743. The smallest absolute Gasteiger partial charge is 0.461 e. The van der Waals surface area contributed by atoms with E-state index in [4.69, 9.17) is 18.9 Å². The van der Waals surface area contributed by atoms with Crippen LogP contribution in [0.2, 0.25) is 0 Å². The maximum atomic E-state index is 11.5. The van der Waals surface area contributed by atoms with E-state index >= 15 is 0 Å². The molecule has 1 rings (SSSR count). The van der Waals surface area contributed by atoms with Crippen molar-refractivity contribution in [2.24, 2.45) is 0 Å². The number of carbonyl (C=O) groups excluding carboxylic acids is 1. The van der Waals surface area contributed by atoms with Crippen molar-refractivity contribution in [1.82, 2.24) is 0 Å². The minimum absolute atomic E-state index is 0.259. The summed E-state index contributed by atoms with van der Waals surface area (Å²) in [6.45, 7) is 10.5. The number of hydrogen-bond donors (Lipinski definition) is 0. The molecule has 0 aliphatic heterocycles. The number of rotatable bonds is 8. The van der Waals surface area contributed by atoms with Gasteiger partial charge in [-0.25, -0.2) is 4.79 Å². The summed E-state index contributed by atoms with van der Waals surface area (Å²) in [4.78, 5) is 11.5. The summed E-state index contributed by atoms with van der Waals surface area (Å²) in [5.41, 5.74) is 1.12. The zero-order chi connectivity index (χ0) is 16.5. The van der Waals surface area contributed by atoms with Crippen LogP contribution in [0.15, 0.2) is 18.2 Å². The lowest BCUT2D eigenvalue weighted by Gasteiger charge is -2.19. The Morgan fingerprint density at radius 1 is 1.09 bits per heavy atom. The van der Waals surface area contributed by atoms with E-state index in [0.29, 0.717) is 24.0 Å².